The van der Waals surface area contributed by atoms with Crippen molar-refractivity contribution in [3.8, 4) is 11.4 Å². The fourth-order valence-electron chi connectivity index (χ4n) is 1.81. The van der Waals surface area contributed by atoms with Crippen molar-refractivity contribution in [1.29, 1.82) is 0 Å². The number of nitrogens with zero attached hydrogens (tertiary/aromatic N) is 2. The summed E-state index contributed by atoms with van der Waals surface area (Å²) >= 11 is 0. The lowest BCUT2D eigenvalue weighted by atomic mass is 10.1. The van der Waals surface area contributed by atoms with Gasteiger partial charge in [-0.05, 0) is 43.5 Å². The van der Waals surface area contributed by atoms with Crippen LogP contribution in [0.15, 0.2) is 18.2 Å². The second kappa shape index (κ2) is 3.40. The summed E-state index contributed by atoms with van der Waals surface area (Å²) in [6, 6.07) is 4.67. The minimum atomic E-state index is -0.223. The Balaban J connectivity index is 2.00. The van der Waals surface area contributed by atoms with E-state index in [4.69, 9.17) is 0 Å². The van der Waals surface area contributed by atoms with Crippen molar-refractivity contribution in [1.82, 2.24) is 15.2 Å². The van der Waals surface area contributed by atoms with Gasteiger partial charge in [-0.15, -0.1) is 0 Å². The molecule has 0 atom stereocenters. The Morgan fingerprint density at radius 2 is 2.19 bits per heavy atom. The zero-order chi connectivity index (χ0) is 11.1. The van der Waals surface area contributed by atoms with Crippen LogP contribution in [0.5, 0.6) is 0 Å². The van der Waals surface area contributed by atoms with Gasteiger partial charge in [0.05, 0.1) is 0 Å². The van der Waals surface area contributed by atoms with Crippen LogP contribution in [0.4, 0.5) is 4.39 Å². The molecule has 0 bridgehead atoms. The predicted molar refractivity (Wildman–Crippen MR) is 58.5 cm³/mol. The summed E-state index contributed by atoms with van der Waals surface area (Å²) in [7, 11) is 0. The minimum absolute atomic E-state index is 0.223. The SMILES string of the molecule is Cc1cc(F)ccc1-c1n[nH]c(C2CC2)n1. The molecule has 1 aliphatic rings. The van der Waals surface area contributed by atoms with E-state index in [0.29, 0.717) is 11.7 Å². The van der Waals surface area contributed by atoms with Crippen LogP contribution in [0.3, 0.4) is 0 Å². The molecule has 0 aliphatic heterocycles. The van der Waals surface area contributed by atoms with Gasteiger partial charge in [0.25, 0.3) is 0 Å². The number of aromatic amines is 1. The van der Waals surface area contributed by atoms with Crippen LogP contribution in [0.1, 0.15) is 30.1 Å². The van der Waals surface area contributed by atoms with Crippen molar-refractivity contribution >= 4 is 0 Å². The third kappa shape index (κ3) is 1.60. The van der Waals surface area contributed by atoms with Crippen LogP contribution in [-0.4, -0.2) is 15.2 Å². The first-order valence-corrected chi connectivity index (χ1v) is 5.43. The lowest BCUT2D eigenvalue weighted by Gasteiger charge is -2.00. The summed E-state index contributed by atoms with van der Waals surface area (Å²) in [6.45, 7) is 1.87. The molecule has 3 nitrogen and oxygen atoms in total. The second-order valence-corrected chi connectivity index (χ2v) is 4.28. The monoisotopic (exact) mass is 217 g/mol. The van der Waals surface area contributed by atoms with Gasteiger partial charge in [-0.25, -0.2) is 9.37 Å². The van der Waals surface area contributed by atoms with E-state index < -0.39 is 0 Å². The van der Waals surface area contributed by atoms with Crippen molar-refractivity contribution in [2.24, 2.45) is 0 Å². The zero-order valence-corrected chi connectivity index (χ0v) is 9.00. The van der Waals surface area contributed by atoms with Crippen LogP contribution >= 0.6 is 0 Å². The Kier molecular flexibility index (Phi) is 2.02. The Morgan fingerprint density at radius 3 is 2.88 bits per heavy atom. The van der Waals surface area contributed by atoms with Gasteiger partial charge in [-0.1, -0.05) is 0 Å². The molecule has 2 aromatic rings. The number of nitrogens with one attached hydrogen (secondary N) is 1. The number of hydrogen-bond acceptors (Lipinski definition) is 2. The van der Waals surface area contributed by atoms with Gasteiger partial charge in [0, 0.05) is 11.5 Å². The zero-order valence-electron chi connectivity index (χ0n) is 9.00. The summed E-state index contributed by atoms with van der Waals surface area (Å²) in [5.74, 6) is 1.96. The summed E-state index contributed by atoms with van der Waals surface area (Å²) in [5, 5.41) is 7.13. The fraction of sp³-hybridized carbons (Fsp3) is 0.333. The number of aromatic nitrogens is 3. The van der Waals surface area contributed by atoms with Gasteiger partial charge >= 0.3 is 0 Å². The van der Waals surface area contributed by atoms with E-state index in [1.165, 1.54) is 25.0 Å². The van der Waals surface area contributed by atoms with Crippen LogP contribution in [0.2, 0.25) is 0 Å². The third-order valence-corrected chi connectivity index (χ3v) is 2.90. The molecule has 3 rings (SSSR count). The molecule has 82 valence electrons. The van der Waals surface area contributed by atoms with Crippen molar-refractivity contribution in [2.45, 2.75) is 25.7 Å². The summed E-state index contributed by atoms with van der Waals surface area (Å²) in [6.07, 6.45) is 2.38. The van der Waals surface area contributed by atoms with E-state index in [9.17, 15) is 4.39 Å². The van der Waals surface area contributed by atoms with Crippen molar-refractivity contribution in [3.63, 3.8) is 0 Å². The number of aryl methyl sites for hydroxylation is 1. The molecule has 0 amide bonds. The molecule has 4 heteroatoms. The lowest BCUT2D eigenvalue weighted by molar-refractivity contribution is 0.627. The largest absolute Gasteiger partial charge is 0.262 e. The quantitative estimate of drug-likeness (QED) is 0.840. The molecule has 1 heterocycles. The number of halogens is 1. The molecule has 16 heavy (non-hydrogen) atoms. The minimum Gasteiger partial charge on any atom is -0.262 e. The van der Waals surface area contributed by atoms with Crippen LogP contribution < -0.4 is 0 Å². The maximum atomic E-state index is 13.0. The number of benzene rings is 1. The molecule has 1 saturated carbocycles. The first-order valence-electron chi connectivity index (χ1n) is 5.43. The highest BCUT2D eigenvalue weighted by Crippen LogP contribution is 2.38. The smallest absolute Gasteiger partial charge is 0.181 e. The molecule has 1 N–H and O–H groups in total. The van der Waals surface area contributed by atoms with Crippen LogP contribution in [0.25, 0.3) is 11.4 Å². The molecule has 1 aliphatic carbocycles. The van der Waals surface area contributed by atoms with Gasteiger partial charge in [0.15, 0.2) is 5.82 Å². The number of rotatable bonds is 2. The van der Waals surface area contributed by atoms with Crippen LogP contribution in [0, 0.1) is 12.7 Å². The van der Waals surface area contributed by atoms with Crippen molar-refractivity contribution in [2.75, 3.05) is 0 Å². The Hall–Kier alpha value is -1.71. The van der Waals surface area contributed by atoms with Gasteiger partial charge in [0.1, 0.15) is 11.6 Å². The normalized spacial score (nSPS) is 15.4. The maximum Gasteiger partial charge on any atom is 0.181 e. The van der Waals surface area contributed by atoms with Crippen molar-refractivity contribution in [3.05, 3.63) is 35.4 Å². The molecule has 1 aromatic heterocycles. The van der Waals surface area contributed by atoms with Gasteiger partial charge in [-0.3, -0.25) is 5.10 Å². The molecular formula is C12H12FN3. The van der Waals surface area contributed by atoms with E-state index in [1.807, 2.05) is 6.92 Å². The summed E-state index contributed by atoms with van der Waals surface area (Å²) in [4.78, 5) is 4.44. The average molecular weight is 217 g/mol. The molecular weight excluding hydrogens is 205 g/mol. The highest BCUT2D eigenvalue weighted by Gasteiger charge is 2.27. The van der Waals surface area contributed by atoms with E-state index in [1.54, 1.807) is 6.07 Å². The molecule has 0 unspecified atom stereocenters. The Morgan fingerprint density at radius 1 is 1.38 bits per heavy atom. The average Bonchev–Trinajstić information content (AvgIpc) is 2.98. The predicted octanol–water partition coefficient (Wildman–Crippen LogP) is 2.80. The standard InChI is InChI=1S/C12H12FN3/c1-7-6-9(13)4-5-10(7)12-14-11(15-16-12)8-2-3-8/h4-6,8H,2-3H2,1H3,(H,14,15,16). The molecule has 1 aromatic carbocycles. The molecule has 0 saturated heterocycles. The van der Waals surface area contributed by atoms with E-state index in [0.717, 1.165) is 17.0 Å². The maximum absolute atomic E-state index is 13.0. The van der Waals surface area contributed by atoms with Gasteiger partial charge in [0.2, 0.25) is 0 Å². The van der Waals surface area contributed by atoms with Gasteiger partial charge in [-0.2, -0.15) is 5.10 Å². The van der Waals surface area contributed by atoms with E-state index in [-0.39, 0.29) is 5.82 Å². The fourth-order valence-corrected chi connectivity index (χ4v) is 1.81. The molecule has 0 radical (unpaired) electrons. The number of H-pyrrole nitrogens is 1. The Bertz CT molecular complexity index is 529. The highest BCUT2D eigenvalue weighted by molar-refractivity contribution is 5.59. The lowest BCUT2D eigenvalue weighted by Crippen LogP contribution is -1.87. The van der Waals surface area contributed by atoms with Crippen molar-refractivity contribution < 1.29 is 4.39 Å². The van der Waals surface area contributed by atoms with Crippen LogP contribution in [-0.2, 0) is 0 Å². The molecule has 0 spiro atoms. The van der Waals surface area contributed by atoms with E-state index in [2.05, 4.69) is 15.2 Å². The third-order valence-electron chi connectivity index (χ3n) is 2.90. The topological polar surface area (TPSA) is 41.6 Å². The highest BCUT2D eigenvalue weighted by atomic mass is 19.1. The second-order valence-electron chi connectivity index (χ2n) is 4.28. The van der Waals surface area contributed by atoms with Gasteiger partial charge < -0.3 is 0 Å². The first-order chi connectivity index (χ1) is 7.74. The summed E-state index contributed by atoms with van der Waals surface area (Å²) in [5.41, 5.74) is 1.76. The summed E-state index contributed by atoms with van der Waals surface area (Å²) < 4.78 is 13.0. The van der Waals surface area contributed by atoms with E-state index >= 15 is 0 Å². The Labute approximate surface area is 92.7 Å². The molecule has 1 fully saturated rings. The first kappa shape index (κ1) is 9.51. The number of hydrogen-bond donors (Lipinski definition) is 1.